The van der Waals surface area contributed by atoms with Crippen molar-refractivity contribution < 1.29 is 4.74 Å². The fraction of sp³-hybridized carbons (Fsp3) is 0.538. The van der Waals surface area contributed by atoms with Crippen molar-refractivity contribution in [3.8, 4) is 12.3 Å². The minimum absolute atomic E-state index is 0. The lowest BCUT2D eigenvalue weighted by atomic mass is 10.4. The van der Waals surface area contributed by atoms with Gasteiger partial charge < -0.3 is 15.0 Å². The van der Waals surface area contributed by atoms with Crippen LogP contribution in [0.1, 0.15) is 23.7 Å². The van der Waals surface area contributed by atoms with Gasteiger partial charge in [0, 0.05) is 26.6 Å². The summed E-state index contributed by atoms with van der Waals surface area (Å²) in [6.45, 7) is 3.12. The summed E-state index contributed by atoms with van der Waals surface area (Å²) in [7, 11) is 5.36. The summed E-state index contributed by atoms with van der Waals surface area (Å²) in [4.78, 5) is 10.7. The fourth-order valence-corrected chi connectivity index (χ4v) is 2.36. The van der Waals surface area contributed by atoms with Crippen molar-refractivity contribution in [1.29, 1.82) is 0 Å². The first-order valence-electron chi connectivity index (χ1n) is 5.94. The molecule has 1 heterocycles. The number of ether oxygens (including phenoxy) is 1. The molecule has 1 rings (SSSR count). The number of aliphatic imine (C=N–C) groups is 1. The van der Waals surface area contributed by atoms with Crippen LogP contribution in [0.25, 0.3) is 0 Å². The van der Waals surface area contributed by atoms with E-state index in [1.165, 1.54) is 0 Å². The van der Waals surface area contributed by atoms with Gasteiger partial charge in [0.25, 0.3) is 0 Å². The highest BCUT2D eigenvalue weighted by molar-refractivity contribution is 14.0. The minimum atomic E-state index is 0. The van der Waals surface area contributed by atoms with Crippen LogP contribution in [0.3, 0.4) is 0 Å². The highest BCUT2D eigenvalue weighted by Gasteiger charge is 2.12. The van der Waals surface area contributed by atoms with Crippen LogP contribution in [0.5, 0.6) is 0 Å². The molecule has 0 amide bonds. The van der Waals surface area contributed by atoms with Crippen LogP contribution in [0.2, 0.25) is 0 Å². The number of nitrogens with zero attached hydrogens (tertiary/aromatic N) is 3. The summed E-state index contributed by atoms with van der Waals surface area (Å²) >= 11 is 1.61. The molecule has 0 spiro atoms. The van der Waals surface area contributed by atoms with Crippen molar-refractivity contribution in [2.24, 2.45) is 4.99 Å². The SMILES string of the molecule is C#CCNC(=NC)N(C)Cc1csc(C(C)OC)n1.I. The zero-order valence-corrected chi connectivity index (χ0v) is 15.4. The Balaban J connectivity index is 0.00000361. The lowest BCUT2D eigenvalue weighted by Crippen LogP contribution is -2.38. The van der Waals surface area contributed by atoms with E-state index in [1.54, 1.807) is 25.5 Å². The number of aromatic nitrogens is 1. The molecule has 0 saturated carbocycles. The van der Waals surface area contributed by atoms with Gasteiger partial charge in [-0.15, -0.1) is 41.7 Å². The van der Waals surface area contributed by atoms with E-state index in [4.69, 9.17) is 11.2 Å². The van der Waals surface area contributed by atoms with Crippen LogP contribution in [-0.2, 0) is 11.3 Å². The highest BCUT2D eigenvalue weighted by Crippen LogP contribution is 2.20. The molecule has 0 radical (unpaired) electrons. The van der Waals surface area contributed by atoms with Crippen LogP contribution in [0.15, 0.2) is 10.4 Å². The summed E-state index contributed by atoms with van der Waals surface area (Å²) in [6, 6.07) is 0. The molecule has 0 fully saturated rings. The van der Waals surface area contributed by atoms with Gasteiger partial charge in [0.2, 0.25) is 0 Å². The summed E-state index contributed by atoms with van der Waals surface area (Å²) < 4.78 is 5.25. The lowest BCUT2D eigenvalue weighted by molar-refractivity contribution is 0.119. The quantitative estimate of drug-likeness (QED) is 0.351. The second-order valence-electron chi connectivity index (χ2n) is 4.02. The van der Waals surface area contributed by atoms with Crippen molar-refractivity contribution in [2.45, 2.75) is 19.6 Å². The van der Waals surface area contributed by atoms with Gasteiger partial charge in [-0.2, -0.15) is 0 Å². The van der Waals surface area contributed by atoms with Gasteiger partial charge >= 0.3 is 0 Å². The maximum absolute atomic E-state index is 5.25. The molecule has 0 saturated heterocycles. The molecule has 1 unspecified atom stereocenters. The Morgan fingerprint density at radius 1 is 1.70 bits per heavy atom. The highest BCUT2D eigenvalue weighted by atomic mass is 127. The number of guanidine groups is 1. The number of methoxy groups -OCH3 is 1. The van der Waals surface area contributed by atoms with Gasteiger partial charge in [0.15, 0.2) is 5.96 Å². The average Bonchev–Trinajstić information content (AvgIpc) is 2.87. The number of thiazole rings is 1. The van der Waals surface area contributed by atoms with Crippen LogP contribution < -0.4 is 5.32 Å². The Hall–Kier alpha value is -0.850. The van der Waals surface area contributed by atoms with Gasteiger partial charge in [0.1, 0.15) is 11.1 Å². The number of nitrogens with one attached hydrogen (secondary N) is 1. The Labute approximate surface area is 141 Å². The van der Waals surface area contributed by atoms with E-state index in [9.17, 15) is 0 Å². The second kappa shape index (κ2) is 9.96. The molecule has 0 aromatic carbocycles. The van der Waals surface area contributed by atoms with E-state index < -0.39 is 0 Å². The number of hydrogen-bond donors (Lipinski definition) is 1. The average molecular weight is 408 g/mol. The molecule has 1 atom stereocenters. The standard InChI is InChI=1S/C13H20N4OS.HI/c1-6-7-15-13(14-3)17(4)8-11-9-19-12(16-11)10(2)18-5;/h1,9-10H,7-8H2,2-5H3,(H,14,15);1H. The monoisotopic (exact) mass is 408 g/mol. The van der Waals surface area contributed by atoms with Gasteiger partial charge in [0.05, 0.1) is 18.8 Å². The molecule has 0 aliphatic carbocycles. The molecule has 5 nitrogen and oxygen atoms in total. The molecule has 20 heavy (non-hydrogen) atoms. The van der Waals surface area contributed by atoms with Crippen molar-refractivity contribution in [2.75, 3.05) is 27.7 Å². The first-order valence-corrected chi connectivity index (χ1v) is 6.82. The first-order chi connectivity index (χ1) is 9.12. The fourth-order valence-electron chi connectivity index (χ4n) is 1.52. The largest absolute Gasteiger partial charge is 0.375 e. The molecular weight excluding hydrogens is 387 g/mol. The van der Waals surface area contributed by atoms with Gasteiger partial charge in [-0.3, -0.25) is 4.99 Å². The molecule has 0 aliphatic heterocycles. The van der Waals surface area contributed by atoms with Crippen molar-refractivity contribution >= 4 is 41.3 Å². The summed E-state index contributed by atoms with van der Waals surface area (Å²) in [6.07, 6.45) is 5.26. The van der Waals surface area contributed by atoms with Gasteiger partial charge in [-0.25, -0.2) is 4.98 Å². The number of terminal acetylenes is 1. The van der Waals surface area contributed by atoms with Crippen molar-refractivity contribution in [1.82, 2.24) is 15.2 Å². The van der Waals surface area contributed by atoms with Crippen LogP contribution in [-0.4, -0.2) is 43.6 Å². The second-order valence-corrected chi connectivity index (χ2v) is 4.91. The predicted molar refractivity (Wildman–Crippen MR) is 94.6 cm³/mol. The first kappa shape index (κ1) is 19.1. The van der Waals surface area contributed by atoms with E-state index in [0.29, 0.717) is 13.1 Å². The van der Waals surface area contributed by atoms with E-state index in [2.05, 4.69) is 21.2 Å². The predicted octanol–water partition coefficient (Wildman–Crippen LogP) is 2.11. The maximum Gasteiger partial charge on any atom is 0.194 e. The topological polar surface area (TPSA) is 49.8 Å². The van der Waals surface area contributed by atoms with Crippen LogP contribution in [0, 0.1) is 12.3 Å². The summed E-state index contributed by atoms with van der Waals surface area (Å²) in [5, 5.41) is 6.09. The molecule has 1 aromatic heterocycles. The summed E-state index contributed by atoms with van der Waals surface area (Å²) in [5.41, 5.74) is 0.995. The molecule has 112 valence electrons. The third kappa shape index (κ3) is 5.64. The van der Waals surface area contributed by atoms with E-state index in [0.717, 1.165) is 16.7 Å². The third-order valence-corrected chi connectivity index (χ3v) is 3.65. The smallest absolute Gasteiger partial charge is 0.194 e. The Bertz CT molecular complexity index is 469. The molecule has 0 bridgehead atoms. The van der Waals surface area contributed by atoms with Gasteiger partial charge in [-0.05, 0) is 6.92 Å². The van der Waals surface area contributed by atoms with E-state index in [-0.39, 0.29) is 30.1 Å². The summed E-state index contributed by atoms with van der Waals surface area (Å²) in [5.74, 6) is 3.29. The Morgan fingerprint density at radius 2 is 2.40 bits per heavy atom. The minimum Gasteiger partial charge on any atom is -0.375 e. The Morgan fingerprint density at radius 3 is 2.95 bits per heavy atom. The number of rotatable bonds is 5. The lowest BCUT2D eigenvalue weighted by Gasteiger charge is -2.20. The van der Waals surface area contributed by atoms with E-state index >= 15 is 0 Å². The maximum atomic E-state index is 5.25. The normalized spacial score (nSPS) is 12.2. The third-order valence-electron chi connectivity index (χ3n) is 2.59. The van der Waals surface area contributed by atoms with E-state index in [1.807, 2.05) is 24.3 Å². The molecule has 1 N–H and O–H groups in total. The number of hydrogen-bond acceptors (Lipinski definition) is 4. The zero-order valence-electron chi connectivity index (χ0n) is 12.2. The van der Waals surface area contributed by atoms with Crippen molar-refractivity contribution in [3.05, 3.63) is 16.1 Å². The molecule has 0 aliphatic rings. The molecular formula is C13H21IN4OS. The van der Waals surface area contributed by atoms with Crippen LogP contribution >= 0.6 is 35.3 Å². The zero-order chi connectivity index (χ0) is 14.3. The Kier molecular flexibility index (Phi) is 9.54. The number of halogens is 1. The van der Waals surface area contributed by atoms with Crippen LogP contribution in [0.4, 0.5) is 0 Å². The van der Waals surface area contributed by atoms with Gasteiger partial charge in [-0.1, -0.05) is 5.92 Å². The molecule has 7 heteroatoms. The van der Waals surface area contributed by atoms with Crippen molar-refractivity contribution in [3.63, 3.8) is 0 Å². The molecule has 1 aromatic rings.